The van der Waals surface area contributed by atoms with Gasteiger partial charge in [-0.15, -0.1) is 0 Å². The molecule has 7 heteroatoms. The van der Waals surface area contributed by atoms with Gasteiger partial charge >= 0.3 is 0 Å². The van der Waals surface area contributed by atoms with Gasteiger partial charge in [0.05, 0.1) is 11.6 Å². The van der Waals surface area contributed by atoms with Gasteiger partial charge in [0.2, 0.25) is 11.8 Å². The maximum atomic E-state index is 12.9. The highest BCUT2D eigenvalue weighted by atomic mass is 35.5. The standard InChI is InChI=1S/C28H43ClN4O2/c1-20(2)16-32(17-21(3)4)15-7-13-30-27(34)24-8-6-14-33(18-24)19-26-22(5)35-28(31-26)23-9-11-25(29)12-10-23/h9-12,20-21,24H,6-8,13-19H2,1-5H3,(H,30,34)/t24-/m0/s1. The van der Waals surface area contributed by atoms with Crippen molar-refractivity contribution in [3.63, 3.8) is 0 Å². The zero-order chi connectivity index (χ0) is 25.4. The van der Waals surface area contributed by atoms with Crippen molar-refractivity contribution in [2.75, 3.05) is 39.3 Å². The Labute approximate surface area is 216 Å². The number of hydrogen-bond acceptors (Lipinski definition) is 5. The van der Waals surface area contributed by atoms with Crippen LogP contribution >= 0.6 is 11.6 Å². The Kier molecular flexibility index (Phi) is 10.6. The summed E-state index contributed by atoms with van der Waals surface area (Å²) in [5.74, 6) is 2.99. The quantitative estimate of drug-likeness (QED) is 0.381. The fraction of sp³-hybridized carbons (Fsp3) is 0.643. The Hall–Kier alpha value is -1.89. The van der Waals surface area contributed by atoms with E-state index in [4.69, 9.17) is 21.0 Å². The van der Waals surface area contributed by atoms with Crippen LogP contribution in [0.4, 0.5) is 0 Å². The van der Waals surface area contributed by atoms with Crippen molar-refractivity contribution in [2.24, 2.45) is 17.8 Å². The minimum atomic E-state index is 0.0362. The molecule has 2 heterocycles. The number of aromatic nitrogens is 1. The number of amides is 1. The number of carbonyl (C=O) groups is 1. The van der Waals surface area contributed by atoms with Gasteiger partial charge in [0.25, 0.3) is 0 Å². The molecule has 1 atom stereocenters. The van der Waals surface area contributed by atoms with Crippen LogP contribution in [0.2, 0.25) is 5.02 Å². The molecular weight excluding hydrogens is 460 g/mol. The first-order valence-corrected chi connectivity index (χ1v) is 13.5. The molecular formula is C28H43ClN4O2. The Morgan fingerprint density at radius 2 is 1.89 bits per heavy atom. The number of carbonyl (C=O) groups excluding carboxylic acids is 1. The third-order valence-electron chi connectivity index (χ3n) is 6.43. The number of aryl methyl sites for hydroxylation is 1. The lowest BCUT2D eigenvalue weighted by Gasteiger charge is -2.31. The van der Waals surface area contributed by atoms with Crippen molar-refractivity contribution in [2.45, 2.75) is 60.4 Å². The number of piperidine rings is 1. The lowest BCUT2D eigenvalue weighted by Crippen LogP contribution is -2.43. The van der Waals surface area contributed by atoms with Crippen molar-refractivity contribution in [1.29, 1.82) is 0 Å². The van der Waals surface area contributed by atoms with Gasteiger partial charge in [-0.1, -0.05) is 39.3 Å². The van der Waals surface area contributed by atoms with E-state index in [-0.39, 0.29) is 11.8 Å². The van der Waals surface area contributed by atoms with E-state index in [2.05, 4.69) is 42.8 Å². The van der Waals surface area contributed by atoms with Crippen LogP contribution in [0.25, 0.3) is 11.5 Å². The number of nitrogens with one attached hydrogen (secondary N) is 1. The van der Waals surface area contributed by atoms with Gasteiger partial charge in [-0.2, -0.15) is 0 Å². The summed E-state index contributed by atoms with van der Waals surface area (Å²) in [7, 11) is 0. The number of oxazole rings is 1. The molecule has 1 saturated heterocycles. The highest BCUT2D eigenvalue weighted by Gasteiger charge is 2.27. The molecule has 0 spiro atoms. The molecule has 194 valence electrons. The van der Waals surface area contributed by atoms with E-state index in [9.17, 15) is 4.79 Å². The Bertz CT molecular complexity index is 916. The molecule has 1 aliphatic rings. The van der Waals surface area contributed by atoms with Crippen molar-refractivity contribution in [1.82, 2.24) is 20.1 Å². The van der Waals surface area contributed by atoms with Crippen LogP contribution in [0.5, 0.6) is 0 Å². The molecule has 0 saturated carbocycles. The zero-order valence-corrected chi connectivity index (χ0v) is 22.9. The molecule has 1 aromatic heterocycles. The molecule has 1 fully saturated rings. The number of hydrogen-bond donors (Lipinski definition) is 1. The highest BCUT2D eigenvalue weighted by molar-refractivity contribution is 6.30. The summed E-state index contributed by atoms with van der Waals surface area (Å²) in [5.41, 5.74) is 1.85. The lowest BCUT2D eigenvalue weighted by molar-refractivity contribution is -0.126. The molecule has 1 aliphatic heterocycles. The number of likely N-dealkylation sites (tertiary alicyclic amines) is 1. The van der Waals surface area contributed by atoms with E-state index >= 15 is 0 Å². The molecule has 1 amide bonds. The normalized spacial score (nSPS) is 17.0. The van der Waals surface area contributed by atoms with Crippen LogP contribution < -0.4 is 5.32 Å². The molecule has 6 nitrogen and oxygen atoms in total. The molecule has 3 rings (SSSR count). The maximum Gasteiger partial charge on any atom is 0.226 e. The van der Waals surface area contributed by atoms with E-state index < -0.39 is 0 Å². The molecule has 35 heavy (non-hydrogen) atoms. The lowest BCUT2D eigenvalue weighted by atomic mass is 9.97. The van der Waals surface area contributed by atoms with Crippen LogP contribution in [0, 0.1) is 24.7 Å². The zero-order valence-electron chi connectivity index (χ0n) is 22.1. The van der Waals surface area contributed by atoms with Gasteiger partial charge < -0.3 is 14.6 Å². The first-order chi connectivity index (χ1) is 16.7. The van der Waals surface area contributed by atoms with E-state index in [0.717, 1.165) is 75.5 Å². The van der Waals surface area contributed by atoms with E-state index in [1.807, 2.05) is 31.2 Å². The first kappa shape index (κ1) is 27.7. The fourth-order valence-corrected chi connectivity index (χ4v) is 4.99. The van der Waals surface area contributed by atoms with E-state index in [0.29, 0.717) is 29.3 Å². The van der Waals surface area contributed by atoms with E-state index in [1.165, 1.54) is 0 Å². The minimum Gasteiger partial charge on any atom is -0.441 e. The van der Waals surface area contributed by atoms with Gasteiger partial charge in [-0.05, 0) is 75.4 Å². The highest BCUT2D eigenvalue weighted by Crippen LogP contribution is 2.25. The average Bonchev–Trinajstić information content (AvgIpc) is 3.16. The van der Waals surface area contributed by atoms with Crippen molar-refractivity contribution >= 4 is 17.5 Å². The Morgan fingerprint density at radius 1 is 1.20 bits per heavy atom. The van der Waals surface area contributed by atoms with E-state index in [1.54, 1.807) is 0 Å². The molecule has 2 aromatic rings. The number of halogens is 1. The van der Waals surface area contributed by atoms with Crippen LogP contribution in [0.3, 0.4) is 0 Å². The van der Waals surface area contributed by atoms with Crippen LogP contribution in [-0.4, -0.2) is 60.0 Å². The Balaban J connectivity index is 1.46. The van der Waals surface area contributed by atoms with Gasteiger partial charge in [0, 0.05) is 43.3 Å². The van der Waals surface area contributed by atoms with Crippen molar-refractivity contribution < 1.29 is 9.21 Å². The number of nitrogens with zero attached hydrogens (tertiary/aromatic N) is 3. The monoisotopic (exact) mass is 502 g/mol. The average molecular weight is 503 g/mol. The second kappa shape index (κ2) is 13.4. The summed E-state index contributed by atoms with van der Waals surface area (Å²) in [6.07, 6.45) is 2.96. The second-order valence-electron chi connectivity index (χ2n) is 10.8. The third-order valence-corrected chi connectivity index (χ3v) is 6.68. The molecule has 1 aromatic carbocycles. The van der Waals surface area contributed by atoms with Crippen molar-refractivity contribution in [3.8, 4) is 11.5 Å². The molecule has 0 radical (unpaired) electrons. The van der Waals surface area contributed by atoms with Crippen molar-refractivity contribution in [3.05, 3.63) is 40.7 Å². The van der Waals surface area contributed by atoms with Crippen LogP contribution in [0.1, 0.15) is 58.4 Å². The summed E-state index contributed by atoms with van der Waals surface area (Å²) >= 11 is 6.00. The van der Waals surface area contributed by atoms with Crippen LogP contribution in [-0.2, 0) is 11.3 Å². The maximum absolute atomic E-state index is 12.9. The third kappa shape index (κ3) is 8.93. The summed E-state index contributed by atoms with van der Waals surface area (Å²) in [6, 6.07) is 7.53. The second-order valence-corrected chi connectivity index (χ2v) is 11.2. The fourth-order valence-electron chi connectivity index (χ4n) is 4.86. The summed E-state index contributed by atoms with van der Waals surface area (Å²) in [4.78, 5) is 22.5. The summed E-state index contributed by atoms with van der Waals surface area (Å²) in [6.45, 7) is 17.5. The number of rotatable bonds is 12. The van der Waals surface area contributed by atoms with Gasteiger partial charge in [-0.25, -0.2) is 4.98 Å². The predicted octanol–water partition coefficient (Wildman–Crippen LogP) is 5.64. The molecule has 1 N–H and O–H groups in total. The SMILES string of the molecule is Cc1oc(-c2ccc(Cl)cc2)nc1CN1CCC[C@H](C(=O)NCCCN(CC(C)C)CC(C)C)C1. The predicted molar refractivity (Wildman–Crippen MR) is 143 cm³/mol. The minimum absolute atomic E-state index is 0.0362. The van der Waals surface area contributed by atoms with Gasteiger partial charge in [-0.3, -0.25) is 9.69 Å². The van der Waals surface area contributed by atoms with Gasteiger partial charge in [0.1, 0.15) is 5.76 Å². The number of benzene rings is 1. The Morgan fingerprint density at radius 3 is 2.54 bits per heavy atom. The molecule has 0 unspecified atom stereocenters. The summed E-state index contributed by atoms with van der Waals surface area (Å²) < 4.78 is 5.92. The smallest absolute Gasteiger partial charge is 0.226 e. The largest absolute Gasteiger partial charge is 0.441 e. The van der Waals surface area contributed by atoms with Crippen LogP contribution in [0.15, 0.2) is 28.7 Å². The topological polar surface area (TPSA) is 61.6 Å². The molecule has 0 bridgehead atoms. The summed E-state index contributed by atoms with van der Waals surface area (Å²) in [5, 5.41) is 3.90. The molecule has 0 aliphatic carbocycles. The first-order valence-electron chi connectivity index (χ1n) is 13.2. The van der Waals surface area contributed by atoms with Gasteiger partial charge in [0.15, 0.2) is 0 Å².